The van der Waals surface area contributed by atoms with Gasteiger partial charge in [0.05, 0.1) is 5.69 Å². The van der Waals surface area contributed by atoms with Crippen molar-refractivity contribution in [1.29, 1.82) is 0 Å². The third-order valence-corrected chi connectivity index (χ3v) is 3.12. The summed E-state index contributed by atoms with van der Waals surface area (Å²) in [5, 5.41) is 3.85. The van der Waals surface area contributed by atoms with Crippen molar-refractivity contribution in [2.75, 3.05) is 5.32 Å². The summed E-state index contributed by atoms with van der Waals surface area (Å²) in [4.78, 5) is 11.9. The van der Waals surface area contributed by atoms with Crippen LogP contribution in [0.4, 0.5) is 19.3 Å². The number of ether oxygens (including phenoxy) is 1. The molecule has 0 aliphatic heterocycles. The van der Waals surface area contributed by atoms with Crippen molar-refractivity contribution in [3.05, 3.63) is 72.3 Å². The first-order valence-electron chi connectivity index (χ1n) is 6.55. The van der Waals surface area contributed by atoms with Gasteiger partial charge in [-0.3, -0.25) is 5.32 Å². The smallest absolute Gasteiger partial charge is 0.409 e. The minimum absolute atomic E-state index is 0.273. The normalized spacial score (nSPS) is 10.5. The molecule has 0 saturated heterocycles. The highest BCUT2D eigenvalue weighted by Gasteiger charge is 2.11. The molecule has 1 amide bonds. The SMILES string of the molecule is O=C(Nc1cc(F)ccc1F)Oc1cccc2ccccc12. The first kappa shape index (κ1) is 14.0. The molecule has 0 aliphatic carbocycles. The van der Waals surface area contributed by atoms with Crippen molar-refractivity contribution in [1.82, 2.24) is 0 Å². The van der Waals surface area contributed by atoms with Crippen molar-refractivity contribution in [3.63, 3.8) is 0 Å². The Hall–Kier alpha value is -2.95. The molecule has 0 aliphatic rings. The van der Waals surface area contributed by atoms with Gasteiger partial charge in [0.2, 0.25) is 0 Å². The molecule has 110 valence electrons. The van der Waals surface area contributed by atoms with Crippen LogP contribution in [0.25, 0.3) is 10.8 Å². The molecule has 3 aromatic carbocycles. The Balaban J connectivity index is 1.83. The molecule has 3 rings (SSSR count). The van der Waals surface area contributed by atoms with E-state index >= 15 is 0 Å². The summed E-state index contributed by atoms with van der Waals surface area (Å²) in [7, 11) is 0. The van der Waals surface area contributed by atoms with E-state index in [4.69, 9.17) is 4.74 Å². The number of halogens is 2. The lowest BCUT2D eigenvalue weighted by atomic mass is 10.1. The molecule has 3 nitrogen and oxygen atoms in total. The van der Waals surface area contributed by atoms with Crippen LogP contribution in [0.1, 0.15) is 0 Å². The van der Waals surface area contributed by atoms with E-state index in [1.807, 2.05) is 24.3 Å². The van der Waals surface area contributed by atoms with Crippen LogP contribution in [0.3, 0.4) is 0 Å². The molecule has 22 heavy (non-hydrogen) atoms. The first-order chi connectivity index (χ1) is 10.6. The minimum Gasteiger partial charge on any atom is -0.409 e. The van der Waals surface area contributed by atoms with Gasteiger partial charge < -0.3 is 4.74 Å². The zero-order chi connectivity index (χ0) is 15.5. The Labute approximate surface area is 125 Å². The Kier molecular flexibility index (Phi) is 3.70. The highest BCUT2D eigenvalue weighted by molar-refractivity contribution is 5.93. The Bertz CT molecular complexity index is 844. The summed E-state index contributed by atoms with van der Waals surface area (Å²) in [6, 6.07) is 15.4. The van der Waals surface area contributed by atoms with Crippen molar-refractivity contribution in [3.8, 4) is 5.75 Å². The predicted molar refractivity (Wildman–Crippen MR) is 80.0 cm³/mol. The van der Waals surface area contributed by atoms with Crippen LogP contribution in [0, 0.1) is 11.6 Å². The molecule has 5 heteroatoms. The molecule has 0 unspecified atom stereocenters. The molecule has 0 bridgehead atoms. The number of hydrogen-bond acceptors (Lipinski definition) is 2. The lowest BCUT2D eigenvalue weighted by Crippen LogP contribution is -2.17. The summed E-state index contributed by atoms with van der Waals surface area (Å²) < 4.78 is 31.7. The molecule has 0 atom stereocenters. The lowest BCUT2D eigenvalue weighted by Gasteiger charge is -2.09. The van der Waals surface area contributed by atoms with E-state index in [1.165, 1.54) is 0 Å². The fourth-order valence-electron chi connectivity index (χ4n) is 2.11. The molecule has 0 heterocycles. The van der Waals surface area contributed by atoms with Gasteiger partial charge in [-0.25, -0.2) is 13.6 Å². The summed E-state index contributed by atoms with van der Waals surface area (Å²) in [6.45, 7) is 0. The topological polar surface area (TPSA) is 38.3 Å². The number of fused-ring (bicyclic) bond motifs is 1. The number of anilines is 1. The zero-order valence-electron chi connectivity index (χ0n) is 11.3. The van der Waals surface area contributed by atoms with Gasteiger partial charge in [-0.2, -0.15) is 0 Å². The second kappa shape index (κ2) is 5.81. The number of benzene rings is 3. The second-order valence-corrected chi connectivity index (χ2v) is 4.62. The van der Waals surface area contributed by atoms with Crippen LogP contribution >= 0.6 is 0 Å². The fraction of sp³-hybridized carbons (Fsp3) is 0. The van der Waals surface area contributed by atoms with Gasteiger partial charge in [0.15, 0.2) is 0 Å². The van der Waals surface area contributed by atoms with Crippen LogP contribution in [-0.4, -0.2) is 6.09 Å². The Morgan fingerprint density at radius 2 is 1.73 bits per heavy atom. The third kappa shape index (κ3) is 2.88. The van der Waals surface area contributed by atoms with Crippen molar-refractivity contribution in [2.45, 2.75) is 0 Å². The summed E-state index contributed by atoms with van der Waals surface area (Å²) in [5.41, 5.74) is -0.273. The Morgan fingerprint density at radius 1 is 0.955 bits per heavy atom. The van der Waals surface area contributed by atoms with Crippen LogP contribution in [-0.2, 0) is 0 Å². The summed E-state index contributed by atoms with van der Waals surface area (Å²) in [6.07, 6.45) is -0.888. The van der Waals surface area contributed by atoms with Crippen LogP contribution < -0.4 is 10.1 Å². The number of hydrogen-bond donors (Lipinski definition) is 1. The van der Waals surface area contributed by atoms with Gasteiger partial charge >= 0.3 is 6.09 Å². The molecule has 0 aromatic heterocycles. The maximum atomic E-state index is 13.5. The van der Waals surface area contributed by atoms with E-state index in [9.17, 15) is 13.6 Å². The van der Waals surface area contributed by atoms with Gasteiger partial charge in [-0.05, 0) is 23.6 Å². The number of carbonyl (C=O) groups is 1. The van der Waals surface area contributed by atoms with Gasteiger partial charge in [-0.1, -0.05) is 36.4 Å². The van der Waals surface area contributed by atoms with Crippen molar-refractivity contribution >= 4 is 22.6 Å². The van der Waals surface area contributed by atoms with Gasteiger partial charge in [-0.15, -0.1) is 0 Å². The maximum absolute atomic E-state index is 13.5. The number of carbonyl (C=O) groups excluding carboxylic acids is 1. The second-order valence-electron chi connectivity index (χ2n) is 4.62. The van der Waals surface area contributed by atoms with E-state index < -0.39 is 17.7 Å². The van der Waals surface area contributed by atoms with Crippen LogP contribution in [0.5, 0.6) is 5.75 Å². The fourth-order valence-corrected chi connectivity index (χ4v) is 2.11. The van der Waals surface area contributed by atoms with E-state index in [2.05, 4.69) is 5.32 Å². The van der Waals surface area contributed by atoms with E-state index in [0.717, 1.165) is 29.0 Å². The Morgan fingerprint density at radius 3 is 2.59 bits per heavy atom. The number of amides is 1. The van der Waals surface area contributed by atoms with Crippen molar-refractivity contribution in [2.24, 2.45) is 0 Å². The monoisotopic (exact) mass is 299 g/mol. The van der Waals surface area contributed by atoms with E-state index in [-0.39, 0.29) is 5.69 Å². The minimum atomic E-state index is -0.888. The summed E-state index contributed by atoms with van der Waals surface area (Å²) >= 11 is 0. The molecule has 0 saturated carbocycles. The standard InChI is InChI=1S/C17H11F2NO2/c18-12-8-9-14(19)15(10-12)20-17(21)22-16-7-3-5-11-4-1-2-6-13(11)16/h1-10H,(H,20,21). The average Bonchev–Trinajstić information content (AvgIpc) is 2.51. The number of nitrogens with one attached hydrogen (secondary N) is 1. The molecule has 0 fully saturated rings. The average molecular weight is 299 g/mol. The molecule has 0 radical (unpaired) electrons. The zero-order valence-corrected chi connectivity index (χ0v) is 11.3. The molecule has 1 N–H and O–H groups in total. The third-order valence-electron chi connectivity index (χ3n) is 3.12. The highest BCUT2D eigenvalue weighted by atomic mass is 19.1. The predicted octanol–water partition coefficient (Wildman–Crippen LogP) is 4.73. The van der Waals surface area contributed by atoms with Gasteiger partial charge in [0.1, 0.15) is 17.4 Å². The van der Waals surface area contributed by atoms with E-state index in [0.29, 0.717) is 5.75 Å². The summed E-state index contributed by atoms with van der Waals surface area (Å²) in [5.74, 6) is -1.05. The first-order valence-corrected chi connectivity index (χ1v) is 6.55. The van der Waals surface area contributed by atoms with Crippen molar-refractivity contribution < 1.29 is 18.3 Å². The van der Waals surface area contributed by atoms with Crippen LogP contribution in [0.15, 0.2) is 60.7 Å². The molecule has 0 spiro atoms. The largest absolute Gasteiger partial charge is 0.417 e. The maximum Gasteiger partial charge on any atom is 0.417 e. The highest BCUT2D eigenvalue weighted by Crippen LogP contribution is 2.25. The molecular weight excluding hydrogens is 288 g/mol. The molecular formula is C17H11F2NO2. The molecule has 3 aromatic rings. The van der Waals surface area contributed by atoms with Crippen LogP contribution in [0.2, 0.25) is 0 Å². The van der Waals surface area contributed by atoms with E-state index in [1.54, 1.807) is 18.2 Å². The van der Waals surface area contributed by atoms with Gasteiger partial charge in [0.25, 0.3) is 0 Å². The number of rotatable bonds is 2. The quantitative estimate of drug-likeness (QED) is 0.743. The lowest BCUT2D eigenvalue weighted by molar-refractivity contribution is 0.215. The van der Waals surface area contributed by atoms with Gasteiger partial charge in [0, 0.05) is 11.5 Å².